The van der Waals surface area contributed by atoms with Crippen LogP contribution in [0.15, 0.2) is 48.0 Å². The number of allylic oxidation sites excluding steroid dienone is 1. The highest BCUT2D eigenvalue weighted by Crippen LogP contribution is 2.57. The molecule has 2 aliphatic heterocycles. The van der Waals surface area contributed by atoms with E-state index in [-0.39, 0.29) is 5.57 Å². The first-order valence-electron chi connectivity index (χ1n) is 14.4. The fraction of sp³-hybridized carbons (Fsp3) is 0.375. The molecule has 2 aliphatic rings. The van der Waals surface area contributed by atoms with E-state index in [0.717, 1.165) is 0 Å². The van der Waals surface area contributed by atoms with Gasteiger partial charge in [-0.3, -0.25) is 33.8 Å². The molecule has 0 N–H and O–H groups in total. The largest absolute Gasteiger partial charge is 0.464 e. The van der Waals surface area contributed by atoms with E-state index in [1.165, 1.54) is 26.8 Å². The van der Waals surface area contributed by atoms with Gasteiger partial charge >= 0.3 is 24.3 Å². The summed E-state index contributed by atoms with van der Waals surface area (Å²) in [4.78, 5) is 76.5. The third-order valence-electron chi connectivity index (χ3n) is 7.99. The topological polar surface area (TPSA) is 127 Å². The van der Waals surface area contributed by atoms with E-state index < -0.39 is 119 Å². The molecule has 2 heterocycles. The first kappa shape index (κ1) is 35.8. The predicted molar refractivity (Wildman–Crippen MR) is 153 cm³/mol. The van der Waals surface area contributed by atoms with Gasteiger partial charge in [-0.05, 0) is 49.2 Å². The Morgan fingerprint density at radius 2 is 1.10 bits per heavy atom. The van der Waals surface area contributed by atoms with E-state index in [1.807, 2.05) is 0 Å². The zero-order valence-electron chi connectivity index (χ0n) is 25.9. The number of carbonyl (C=O) groups is 6. The molecule has 0 unspecified atom stereocenters. The number of amides is 4. The Balaban J connectivity index is 1.74. The number of carbonyl (C=O) groups excluding carboxylic acids is 6. The minimum absolute atomic E-state index is 0.218. The maximum absolute atomic E-state index is 14.9. The molecule has 0 aliphatic carbocycles. The van der Waals surface area contributed by atoms with Gasteiger partial charge in [-0.1, -0.05) is 32.1 Å². The second-order valence-electron chi connectivity index (χ2n) is 11.2. The van der Waals surface area contributed by atoms with Gasteiger partial charge in [0.25, 0.3) is 23.6 Å². The van der Waals surface area contributed by atoms with E-state index >= 15 is 0 Å². The summed E-state index contributed by atoms with van der Waals surface area (Å²) < 4.78 is 99.6. The molecule has 0 saturated heterocycles. The minimum Gasteiger partial charge on any atom is -0.464 e. The Morgan fingerprint density at radius 3 is 1.48 bits per heavy atom. The Labute approximate surface area is 269 Å². The molecule has 0 spiro atoms. The first-order valence-corrected chi connectivity index (χ1v) is 14.4. The zero-order valence-corrected chi connectivity index (χ0v) is 25.9. The van der Waals surface area contributed by atoms with Crippen LogP contribution in [0.3, 0.4) is 0 Å². The number of fused-ring (bicyclic) bond motifs is 2. The van der Waals surface area contributed by atoms with Crippen molar-refractivity contribution in [2.24, 2.45) is 5.92 Å². The van der Waals surface area contributed by atoms with Crippen LogP contribution in [0, 0.1) is 5.92 Å². The number of esters is 2. The summed E-state index contributed by atoms with van der Waals surface area (Å²) in [5.74, 6) is -6.41. The van der Waals surface area contributed by atoms with Crippen LogP contribution >= 0.6 is 0 Å². The summed E-state index contributed by atoms with van der Waals surface area (Å²) in [7, 11) is 0. The number of ether oxygens (including phenoxy) is 2. The number of benzene rings is 2. The minimum atomic E-state index is -6.13. The monoisotopic (exact) mass is 682 g/mol. The summed E-state index contributed by atoms with van der Waals surface area (Å²) in [5, 5.41) is 0. The number of imide groups is 2. The average molecular weight is 683 g/mol. The van der Waals surface area contributed by atoms with Crippen LogP contribution in [0.25, 0.3) is 0 Å². The number of hydrogen-bond donors (Lipinski definition) is 0. The number of hydrogen-bond acceptors (Lipinski definition) is 8. The second kappa shape index (κ2) is 12.9. The molecule has 48 heavy (non-hydrogen) atoms. The fourth-order valence-electron chi connectivity index (χ4n) is 5.30. The Bertz CT molecular complexity index is 1730. The van der Waals surface area contributed by atoms with Crippen LogP contribution in [0.2, 0.25) is 0 Å². The smallest absolute Gasteiger partial charge is 0.411 e. The molecule has 0 saturated carbocycles. The highest BCUT2D eigenvalue weighted by atomic mass is 19.4. The number of nitrogens with zero attached hydrogens (tertiary/aromatic N) is 2. The Kier molecular flexibility index (Phi) is 9.61. The molecule has 4 rings (SSSR count). The summed E-state index contributed by atoms with van der Waals surface area (Å²) >= 11 is 0. The maximum Gasteiger partial charge on any atom is 0.411 e. The van der Waals surface area contributed by atoms with Gasteiger partial charge in [0.2, 0.25) is 5.41 Å². The van der Waals surface area contributed by atoms with Crippen LogP contribution in [0.1, 0.15) is 80.3 Å². The number of rotatable bonds is 10. The molecule has 16 heteroatoms. The van der Waals surface area contributed by atoms with Crippen LogP contribution < -0.4 is 0 Å². The van der Waals surface area contributed by atoms with E-state index in [1.54, 1.807) is 6.92 Å². The van der Waals surface area contributed by atoms with Crippen molar-refractivity contribution in [3.05, 3.63) is 81.4 Å². The lowest BCUT2D eigenvalue weighted by molar-refractivity contribution is -0.288. The third kappa shape index (κ3) is 5.94. The SMILES string of the molecule is C/C=C(\C)C(=O)OCCN1C(=O)c2ccc(C(c3ccc4c(c3)C(=O)N(CCOC(=O)C(C)C)C4=O)(C(F)(F)F)C(F)(F)F)cc2C1=O. The summed E-state index contributed by atoms with van der Waals surface area (Å²) in [6, 6.07) is 2.81. The first-order chi connectivity index (χ1) is 22.3. The average Bonchev–Trinajstić information content (AvgIpc) is 3.38. The van der Waals surface area contributed by atoms with Crippen molar-refractivity contribution in [3.63, 3.8) is 0 Å². The normalized spacial score (nSPS) is 15.4. The van der Waals surface area contributed by atoms with Crippen LogP contribution in [-0.2, 0) is 24.5 Å². The quantitative estimate of drug-likeness (QED) is 0.148. The van der Waals surface area contributed by atoms with E-state index in [4.69, 9.17) is 9.47 Å². The molecule has 0 bridgehead atoms. The number of alkyl halides is 6. The molecule has 2 aromatic rings. The van der Waals surface area contributed by atoms with Crippen molar-refractivity contribution in [1.29, 1.82) is 0 Å². The Hall–Kier alpha value is -5.02. The van der Waals surface area contributed by atoms with E-state index in [9.17, 15) is 55.1 Å². The van der Waals surface area contributed by atoms with Gasteiger partial charge in [-0.15, -0.1) is 0 Å². The van der Waals surface area contributed by atoms with Gasteiger partial charge in [-0.2, -0.15) is 26.3 Å². The lowest BCUT2D eigenvalue weighted by Crippen LogP contribution is -2.55. The van der Waals surface area contributed by atoms with E-state index in [2.05, 4.69) is 0 Å². The second-order valence-corrected chi connectivity index (χ2v) is 11.2. The van der Waals surface area contributed by atoms with Crippen LogP contribution in [0.5, 0.6) is 0 Å². The molecule has 0 atom stereocenters. The molecule has 4 amide bonds. The molecule has 0 fully saturated rings. The summed E-state index contributed by atoms with van der Waals surface area (Å²) in [5.41, 5.74) is -10.00. The van der Waals surface area contributed by atoms with Gasteiger partial charge in [0.15, 0.2) is 0 Å². The van der Waals surface area contributed by atoms with Gasteiger partial charge < -0.3 is 9.47 Å². The third-order valence-corrected chi connectivity index (χ3v) is 7.99. The molecule has 256 valence electrons. The molecule has 0 aromatic heterocycles. The highest BCUT2D eigenvalue weighted by molar-refractivity contribution is 6.22. The molecular weight excluding hydrogens is 654 g/mol. The van der Waals surface area contributed by atoms with Crippen LogP contribution in [0.4, 0.5) is 26.3 Å². The summed E-state index contributed by atoms with van der Waals surface area (Å²) in [6.45, 7) is 4.07. The van der Waals surface area contributed by atoms with Gasteiger partial charge in [0.05, 0.1) is 41.3 Å². The van der Waals surface area contributed by atoms with Gasteiger partial charge in [-0.25, -0.2) is 4.79 Å². The standard InChI is InChI=1S/C32H28F6N2O8/c1-5-17(4)29(46)48-13-11-40-25(42)21-9-7-19(15-23(21)27(40)44)30(31(33,34)35,32(36,37)38)18-6-8-20-22(14-18)26(43)39(24(20)41)10-12-47-28(45)16(2)3/h5-9,14-16H,10-13H2,1-4H3/b17-5+. The zero-order chi connectivity index (χ0) is 35.9. The molecular formula is C32H28F6N2O8. The van der Waals surface area contributed by atoms with Crippen molar-refractivity contribution in [2.45, 2.75) is 45.5 Å². The lowest BCUT2D eigenvalue weighted by atomic mass is 9.71. The highest BCUT2D eigenvalue weighted by Gasteiger charge is 2.73. The molecule has 2 aromatic carbocycles. The Morgan fingerprint density at radius 1 is 0.708 bits per heavy atom. The van der Waals surface area contributed by atoms with Crippen molar-refractivity contribution in [3.8, 4) is 0 Å². The van der Waals surface area contributed by atoms with Gasteiger partial charge in [0.1, 0.15) is 13.2 Å². The van der Waals surface area contributed by atoms with Crippen molar-refractivity contribution < 1.29 is 64.6 Å². The van der Waals surface area contributed by atoms with Crippen LogP contribution in [-0.4, -0.2) is 84.0 Å². The number of halogens is 6. The van der Waals surface area contributed by atoms with Crippen molar-refractivity contribution >= 4 is 35.6 Å². The predicted octanol–water partition coefficient (Wildman–Crippen LogP) is 5.00. The summed E-state index contributed by atoms with van der Waals surface area (Å²) in [6.07, 6.45) is -10.8. The van der Waals surface area contributed by atoms with Crippen molar-refractivity contribution in [1.82, 2.24) is 9.80 Å². The van der Waals surface area contributed by atoms with Gasteiger partial charge in [0, 0.05) is 5.57 Å². The van der Waals surface area contributed by atoms with Crippen molar-refractivity contribution in [2.75, 3.05) is 26.3 Å². The fourth-order valence-corrected chi connectivity index (χ4v) is 5.30. The maximum atomic E-state index is 14.9. The molecule has 10 nitrogen and oxygen atoms in total. The lowest BCUT2D eigenvalue weighted by Gasteiger charge is -2.38. The molecule has 0 radical (unpaired) electrons. The van der Waals surface area contributed by atoms with E-state index in [0.29, 0.717) is 46.2 Å².